The Balaban J connectivity index is 1.05. The highest BCUT2D eigenvalue weighted by Crippen LogP contribution is 2.48. The van der Waals surface area contributed by atoms with Crippen LogP contribution in [-0.4, -0.2) is 0 Å². The molecular weight excluding hydrogens is 781 g/mol. The van der Waals surface area contributed by atoms with Crippen LogP contribution >= 0.6 is 0 Å². The van der Waals surface area contributed by atoms with Gasteiger partial charge < -0.3 is 18.6 Å². The zero-order valence-electron chi connectivity index (χ0n) is 34.8. The molecule has 4 heteroatoms. The summed E-state index contributed by atoms with van der Waals surface area (Å²) in [5.41, 5.74) is 16.1. The molecule has 2 heterocycles. The number of benzene rings is 10. The maximum absolute atomic E-state index is 6.73. The molecule has 0 spiro atoms. The lowest BCUT2D eigenvalue weighted by Crippen LogP contribution is -2.12. The van der Waals surface area contributed by atoms with Crippen LogP contribution in [0, 0.1) is 0 Å². The Kier molecular flexibility index (Phi) is 9.12. The third kappa shape index (κ3) is 6.40. The summed E-state index contributed by atoms with van der Waals surface area (Å²) < 4.78 is 13.5. The summed E-state index contributed by atoms with van der Waals surface area (Å²) in [4.78, 5) is 4.70. The first kappa shape index (κ1) is 37.2. The molecule has 0 saturated heterocycles. The first-order valence-electron chi connectivity index (χ1n) is 21.7. The fourth-order valence-electron chi connectivity index (χ4n) is 9.34. The van der Waals surface area contributed by atoms with Gasteiger partial charge >= 0.3 is 0 Å². The summed E-state index contributed by atoms with van der Waals surface area (Å²) >= 11 is 0. The first-order valence-corrected chi connectivity index (χ1v) is 21.7. The van der Waals surface area contributed by atoms with Crippen LogP contribution in [0.3, 0.4) is 0 Å². The van der Waals surface area contributed by atoms with Crippen molar-refractivity contribution in [3.63, 3.8) is 0 Å². The van der Waals surface area contributed by atoms with Crippen molar-refractivity contribution >= 4 is 78.0 Å². The fraction of sp³-hybridized carbons (Fsp3) is 0. The monoisotopic (exact) mass is 820 g/mol. The van der Waals surface area contributed by atoms with Crippen LogP contribution in [0.4, 0.5) is 34.1 Å². The maximum Gasteiger partial charge on any atom is 0.159 e. The molecular formula is C60H40N2O2. The largest absolute Gasteiger partial charge is 0.454 e. The molecule has 12 rings (SSSR count). The summed E-state index contributed by atoms with van der Waals surface area (Å²) in [6, 6.07) is 85.7. The quantitative estimate of drug-likeness (QED) is 0.145. The Bertz CT molecular complexity index is 3400. The second-order valence-corrected chi connectivity index (χ2v) is 16.0. The van der Waals surface area contributed by atoms with Gasteiger partial charge in [-0.2, -0.15) is 0 Å². The number of hydrogen-bond acceptors (Lipinski definition) is 4. The highest BCUT2D eigenvalue weighted by atomic mass is 16.3. The zero-order chi connectivity index (χ0) is 42.4. The first-order chi connectivity index (χ1) is 31.8. The number of hydrogen-bond donors (Lipinski definition) is 0. The lowest BCUT2D eigenvalue weighted by atomic mass is 9.99. The third-order valence-corrected chi connectivity index (χ3v) is 12.3. The molecule has 0 radical (unpaired) electrons. The number of furan rings is 2. The van der Waals surface area contributed by atoms with Gasteiger partial charge in [0.05, 0.1) is 22.7 Å². The number of nitrogens with zero attached hydrogens (tertiary/aromatic N) is 2. The van der Waals surface area contributed by atoms with Gasteiger partial charge in [0.1, 0.15) is 11.2 Å². The van der Waals surface area contributed by atoms with Crippen molar-refractivity contribution in [1.82, 2.24) is 0 Å². The van der Waals surface area contributed by atoms with Crippen LogP contribution in [0.25, 0.3) is 77.3 Å². The van der Waals surface area contributed by atoms with Crippen LogP contribution in [0.1, 0.15) is 0 Å². The van der Waals surface area contributed by atoms with E-state index in [1.165, 1.54) is 0 Å². The molecule has 0 aliphatic heterocycles. The minimum atomic E-state index is 0.839. The average molecular weight is 821 g/mol. The van der Waals surface area contributed by atoms with Crippen LogP contribution in [-0.2, 0) is 0 Å². The van der Waals surface area contributed by atoms with E-state index in [4.69, 9.17) is 8.83 Å². The molecule has 4 nitrogen and oxygen atoms in total. The number of rotatable bonds is 9. The summed E-state index contributed by atoms with van der Waals surface area (Å²) in [5, 5.41) is 4.35. The molecule has 0 fully saturated rings. The lowest BCUT2D eigenvalue weighted by molar-refractivity contribution is 0.668. The van der Waals surface area contributed by atoms with E-state index in [0.717, 1.165) is 111 Å². The average Bonchev–Trinajstić information content (AvgIpc) is 3.95. The Morgan fingerprint density at radius 3 is 1.06 bits per heavy atom. The Morgan fingerprint density at radius 1 is 0.250 bits per heavy atom. The lowest BCUT2D eigenvalue weighted by Gasteiger charge is -2.29. The van der Waals surface area contributed by atoms with E-state index in [2.05, 4.69) is 228 Å². The summed E-state index contributed by atoms with van der Waals surface area (Å²) in [6.07, 6.45) is 0. The summed E-state index contributed by atoms with van der Waals surface area (Å²) in [6.45, 7) is 0. The Hall–Kier alpha value is -8.60. The van der Waals surface area contributed by atoms with Gasteiger partial charge in [0.2, 0.25) is 0 Å². The second kappa shape index (κ2) is 15.7. The van der Waals surface area contributed by atoms with Crippen molar-refractivity contribution < 1.29 is 8.83 Å². The van der Waals surface area contributed by atoms with E-state index >= 15 is 0 Å². The minimum Gasteiger partial charge on any atom is -0.454 e. The molecule has 0 atom stereocenters. The van der Waals surface area contributed by atoms with Gasteiger partial charge in [-0.3, -0.25) is 0 Å². The molecule has 0 N–H and O–H groups in total. The summed E-state index contributed by atoms with van der Waals surface area (Å²) in [5.74, 6) is 0. The molecule has 0 saturated carbocycles. The molecule has 302 valence electrons. The number of fused-ring (bicyclic) bond motifs is 6. The summed E-state index contributed by atoms with van der Waals surface area (Å²) in [7, 11) is 0. The zero-order valence-corrected chi connectivity index (χ0v) is 34.8. The standard InChI is InChI=1S/C60H40N2O2/c1-3-19-41(20-4-1)47-27-7-11-33-53(47)61(55-35-17-31-51-49-29-9-13-37-57(49)63-59(51)55)45-25-15-23-43(39-45)44-24-16-26-46(40-44)62(54-34-12-8-28-48(54)42-21-5-2-6-22-42)56-36-18-32-52-50-30-10-14-38-58(50)64-60(52)56/h1-40H. The smallest absolute Gasteiger partial charge is 0.159 e. The topological polar surface area (TPSA) is 32.8 Å². The van der Waals surface area contributed by atoms with Gasteiger partial charge in [0.15, 0.2) is 11.2 Å². The van der Waals surface area contributed by atoms with Gasteiger partial charge in [0, 0.05) is 44.0 Å². The van der Waals surface area contributed by atoms with Crippen molar-refractivity contribution in [1.29, 1.82) is 0 Å². The minimum absolute atomic E-state index is 0.839. The van der Waals surface area contributed by atoms with Gasteiger partial charge in [0.25, 0.3) is 0 Å². The molecule has 2 aromatic heterocycles. The van der Waals surface area contributed by atoms with Crippen molar-refractivity contribution in [2.45, 2.75) is 0 Å². The van der Waals surface area contributed by atoms with Crippen LogP contribution in [0.15, 0.2) is 251 Å². The predicted molar refractivity (Wildman–Crippen MR) is 267 cm³/mol. The van der Waals surface area contributed by atoms with E-state index in [-0.39, 0.29) is 0 Å². The molecule has 0 amide bonds. The van der Waals surface area contributed by atoms with Crippen LogP contribution < -0.4 is 9.80 Å². The van der Waals surface area contributed by atoms with Gasteiger partial charge in [-0.05, 0) is 82.9 Å². The van der Waals surface area contributed by atoms with E-state index < -0.39 is 0 Å². The molecule has 12 aromatic rings. The fourth-order valence-corrected chi connectivity index (χ4v) is 9.34. The predicted octanol–water partition coefficient (Wildman–Crippen LogP) is 17.4. The highest BCUT2D eigenvalue weighted by molar-refractivity contribution is 6.12. The van der Waals surface area contributed by atoms with Gasteiger partial charge in [-0.25, -0.2) is 0 Å². The molecule has 0 aliphatic carbocycles. The van der Waals surface area contributed by atoms with Crippen molar-refractivity contribution in [3.8, 4) is 33.4 Å². The number of anilines is 6. The highest BCUT2D eigenvalue weighted by Gasteiger charge is 2.24. The molecule has 10 aromatic carbocycles. The van der Waals surface area contributed by atoms with Crippen LogP contribution in [0.2, 0.25) is 0 Å². The van der Waals surface area contributed by atoms with Crippen molar-refractivity contribution in [2.24, 2.45) is 0 Å². The third-order valence-electron chi connectivity index (χ3n) is 12.3. The van der Waals surface area contributed by atoms with Crippen molar-refractivity contribution in [2.75, 3.05) is 9.80 Å². The number of para-hydroxylation sites is 6. The second-order valence-electron chi connectivity index (χ2n) is 16.0. The van der Waals surface area contributed by atoms with E-state index in [0.29, 0.717) is 0 Å². The van der Waals surface area contributed by atoms with Gasteiger partial charge in [-0.15, -0.1) is 0 Å². The molecule has 64 heavy (non-hydrogen) atoms. The van der Waals surface area contributed by atoms with E-state index in [9.17, 15) is 0 Å². The van der Waals surface area contributed by atoms with E-state index in [1.807, 2.05) is 24.3 Å². The maximum atomic E-state index is 6.73. The molecule has 0 bridgehead atoms. The molecule has 0 unspecified atom stereocenters. The normalized spacial score (nSPS) is 11.4. The van der Waals surface area contributed by atoms with E-state index in [1.54, 1.807) is 0 Å². The SMILES string of the molecule is c1ccc(-c2ccccc2N(c2cccc(-c3cccc(N(c4ccccc4-c4ccccc4)c4cccc5c4oc4ccccc45)c3)c2)c2cccc3c2oc2ccccc23)cc1. The van der Waals surface area contributed by atoms with Gasteiger partial charge in [-0.1, -0.05) is 182 Å². The van der Waals surface area contributed by atoms with Crippen LogP contribution in [0.5, 0.6) is 0 Å². The Labute approximate surface area is 371 Å². The Morgan fingerprint density at radius 2 is 0.594 bits per heavy atom. The molecule has 0 aliphatic rings. The van der Waals surface area contributed by atoms with Crippen molar-refractivity contribution in [3.05, 3.63) is 243 Å².